The van der Waals surface area contributed by atoms with Crippen LogP contribution in [0.25, 0.3) is 32.3 Å². The van der Waals surface area contributed by atoms with Crippen LogP contribution in [0.3, 0.4) is 0 Å². The SMILES string of the molecule is Nc1ccc(Cc2ccc3c(O)c(N=Nc4ccc(N=Nc5ccc(N=Nc6ccc(O)c(OC=O)c6)c6ccc(S(=O)(=O)O)cc56)c5ccc(S(=O)(=O)O)cc45)ccc3c2)cc1S(=O)(=O)O. The summed E-state index contributed by atoms with van der Waals surface area (Å²) < 4.78 is 106. The van der Waals surface area contributed by atoms with Crippen LogP contribution in [0.15, 0.2) is 173 Å². The lowest BCUT2D eigenvalue weighted by molar-refractivity contribution is -0.120. The Balaban J connectivity index is 1.13. The highest BCUT2D eigenvalue weighted by Crippen LogP contribution is 2.42. The van der Waals surface area contributed by atoms with E-state index in [1.54, 1.807) is 30.3 Å². The number of aromatic hydroxyl groups is 2. The van der Waals surface area contributed by atoms with Crippen molar-refractivity contribution in [2.75, 3.05) is 5.73 Å². The van der Waals surface area contributed by atoms with E-state index in [9.17, 15) is 53.9 Å². The van der Waals surface area contributed by atoms with Gasteiger partial charge in [-0.25, -0.2) is 0 Å². The number of hydrogen-bond acceptors (Lipinski definition) is 17. The molecular weight excluding hydrogens is 931 g/mol. The third-order valence-corrected chi connectivity index (χ3v) is 12.8. The minimum atomic E-state index is -4.71. The standard InChI is InChI=1S/C44H31N7O13S3/c45-35-10-2-25(19-43(35)67(61,62)63)17-24-1-7-30-26(18-24)3-11-40(44(30)54)51-50-39-15-13-37(32-9-6-29(22-34(32)39)66(58,59)60)48-49-38-14-12-36(31-8-5-28(21-33(31)38)65(55,56)57)47-46-27-4-16-41(53)42(20-27)64-23-52/h1-16,18-23,53-54H,17,45H2,(H,55,56,57)(H,58,59,60)(H,61,62,63). The molecule has 8 rings (SSSR count). The van der Waals surface area contributed by atoms with Crippen molar-refractivity contribution >= 4 is 109 Å². The second-order valence-electron chi connectivity index (χ2n) is 14.6. The van der Waals surface area contributed by atoms with Crippen LogP contribution < -0.4 is 10.5 Å². The Morgan fingerprint density at radius 2 is 0.985 bits per heavy atom. The number of fused-ring (bicyclic) bond motifs is 3. The first-order valence-electron chi connectivity index (χ1n) is 19.1. The molecule has 8 aromatic carbocycles. The summed E-state index contributed by atoms with van der Waals surface area (Å²) in [6, 6.07) is 29.7. The number of nitrogen functional groups attached to an aromatic ring is 1. The van der Waals surface area contributed by atoms with Crippen molar-refractivity contribution in [1.82, 2.24) is 0 Å². The Morgan fingerprint density at radius 3 is 1.54 bits per heavy atom. The molecular formula is C44H31N7O13S3. The number of nitrogens with zero attached hydrogens (tertiary/aromatic N) is 6. The summed E-state index contributed by atoms with van der Waals surface area (Å²) in [5, 5.41) is 48.7. The summed E-state index contributed by atoms with van der Waals surface area (Å²) >= 11 is 0. The highest BCUT2D eigenvalue weighted by Gasteiger charge is 2.18. The van der Waals surface area contributed by atoms with Crippen LogP contribution in [-0.2, 0) is 41.6 Å². The lowest BCUT2D eigenvalue weighted by Gasteiger charge is -2.09. The molecule has 0 radical (unpaired) electrons. The second kappa shape index (κ2) is 17.7. The van der Waals surface area contributed by atoms with Crippen molar-refractivity contribution in [2.45, 2.75) is 21.1 Å². The fourth-order valence-electron chi connectivity index (χ4n) is 6.99. The molecule has 0 aliphatic heterocycles. The summed E-state index contributed by atoms with van der Waals surface area (Å²) in [5.41, 5.74) is 7.74. The number of phenolic OH excluding ortho intramolecular Hbond substituents is 2. The van der Waals surface area contributed by atoms with Crippen molar-refractivity contribution in [3.05, 3.63) is 139 Å². The van der Waals surface area contributed by atoms with Gasteiger partial charge in [0.25, 0.3) is 36.8 Å². The molecule has 0 aliphatic carbocycles. The van der Waals surface area contributed by atoms with Crippen LogP contribution in [0, 0.1) is 0 Å². The predicted octanol–water partition coefficient (Wildman–Crippen LogP) is 10.3. The smallest absolute Gasteiger partial charge is 0.298 e. The molecule has 0 fully saturated rings. The highest BCUT2D eigenvalue weighted by atomic mass is 32.2. The van der Waals surface area contributed by atoms with Gasteiger partial charge in [0.05, 0.1) is 43.9 Å². The van der Waals surface area contributed by atoms with Crippen molar-refractivity contribution in [1.29, 1.82) is 0 Å². The van der Waals surface area contributed by atoms with E-state index in [4.69, 9.17) is 10.5 Å². The number of benzene rings is 8. The monoisotopic (exact) mass is 961 g/mol. The maximum absolute atomic E-state index is 12.2. The molecule has 0 saturated carbocycles. The predicted molar refractivity (Wildman–Crippen MR) is 244 cm³/mol. The Morgan fingerprint density at radius 1 is 0.493 bits per heavy atom. The first kappa shape index (κ1) is 45.5. The number of hydrogen-bond donors (Lipinski definition) is 6. The third kappa shape index (κ3) is 9.81. The van der Waals surface area contributed by atoms with Gasteiger partial charge in [0.15, 0.2) is 17.2 Å². The molecule has 0 amide bonds. The maximum Gasteiger partial charge on any atom is 0.298 e. The molecule has 0 aromatic heterocycles. The first-order chi connectivity index (χ1) is 31.8. The number of ether oxygens (including phenoxy) is 1. The average Bonchev–Trinajstić information content (AvgIpc) is 3.28. The van der Waals surface area contributed by atoms with Crippen LogP contribution >= 0.6 is 0 Å². The molecule has 8 aromatic rings. The Hall–Kier alpha value is -8.06. The molecule has 7 N–H and O–H groups in total. The zero-order valence-corrected chi connectivity index (χ0v) is 36.3. The number of nitrogens with two attached hydrogens (primary N) is 1. The zero-order valence-electron chi connectivity index (χ0n) is 33.9. The van der Waals surface area contributed by atoms with E-state index in [1.165, 1.54) is 72.8 Å². The van der Waals surface area contributed by atoms with Crippen molar-refractivity contribution in [2.24, 2.45) is 30.7 Å². The van der Waals surface area contributed by atoms with Crippen molar-refractivity contribution in [3.63, 3.8) is 0 Å². The number of carbonyl (C=O) groups excluding carboxylic acids is 1. The molecule has 0 atom stereocenters. The van der Waals surface area contributed by atoms with Gasteiger partial charge in [-0.1, -0.05) is 42.5 Å². The van der Waals surface area contributed by atoms with E-state index >= 15 is 0 Å². The van der Waals surface area contributed by atoms with Crippen LogP contribution in [0.2, 0.25) is 0 Å². The molecule has 67 heavy (non-hydrogen) atoms. The van der Waals surface area contributed by atoms with E-state index in [2.05, 4.69) is 30.7 Å². The van der Waals surface area contributed by atoms with Gasteiger partial charge in [0.1, 0.15) is 10.6 Å². The lowest BCUT2D eigenvalue weighted by atomic mass is 10.00. The van der Waals surface area contributed by atoms with Crippen LogP contribution in [0.5, 0.6) is 17.2 Å². The summed E-state index contributed by atoms with van der Waals surface area (Å²) in [5.74, 6) is -0.719. The Bertz CT molecular complexity index is 3810. The van der Waals surface area contributed by atoms with E-state index < -0.39 is 45.0 Å². The second-order valence-corrected chi connectivity index (χ2v) is 18.8. The summed E-state index contributed by atoms with van der Waals surface area (Å²) in [7, 11) is -13.9. The molecule has 0 heterocycles. The van der Waals surface area contributed by atoms with Gasteiger partial charge in [0, 0.05) is 33.0 Å². The van der Waals surface area contributed by atoms with Crippen LogP contribution in [-0.4, -0.2) is 55.6 Å². The van der Waals surface area contributed by atoms with Crippen molar-refractivity contribution < 1.29 is 58.7 Å². The molecule has 0 bridgehead atoms. The summed E-state index contributed by atoms with van der Waals surface area (Å²) in [6.07, 6.45) is 0.270. The Kier molecular flexibility index (Phi) is 12.0. The topological polar surface area (TPSA) is 330 Å². The molecule has 23 heteroatoms. The Labute approximate surface area is 379 Å². The minimum Gasteiger partial charge on any atom is -0.505 e. The van der Waals surface area contributed by atoms with Gasteiger partial charge in [-0.15, -0.1) is 25.6 Å². The van der Waals surface area contributed by atoms with Gasteiger partial charge in [-0.3, -0.25) is 18.5 Å². The number of carbonyl (C=O) groups is 1. The van der Waals surface area contributed by atoms with E-state index in [0.29, 0.717) is 21.7 Å². The summed E-state index contributed by atoms with van der Waals surface area (Å²) in [4.78, 5) is 9.48. The first-order valence-corrected chi connectivity index (χ1v) is 23.5. The fourth-order valence-corrected chi connectivity index (χ4v) is 8.67. The van der Waals surface area contributed by atoms with Crippen molar-refractivity contribution in [3.8, 4) is 17.2 Å². The minimum absolute atomic E-state index is 0.0401. The van der Waals surface area contributed by atoms with E-state index in [-0.39, 0.29) is 86.1 Å². The number of azo groups is 3. The molecule has 20 nitrogen and oxygen atoms in total. The van der Waals surface area contributed by atoms with Crippen LogP contribution in [0.1, 0.15) is 11.1 Å². The number of phenols is 2. The molecule has 338 valence electrons. The van der Waals surface area contributed by atoms with Gasteiger partial charge < -0.3 is 20.7 Å². The summed E-state index contributed by atoms with van der Waals surface area (Å²) in [6.45, 7) is 0.128. The lowest BCUT2D eigenvalue weighted by Crippen LogP contribution is -2.04. The molecule has 0 aliphatic rings. The highest BCUT2D eigenvalue weighted by molar-refractivity contribution is 7.86. The zero-order chi connectivity index (χ0) is 47.8. The number of anilines is 1. The van der Waals surface area contributed by atoms with E-state index in [1.807, 2.05) is 0 Å². The maximum atomic E-state index is 12.2. The van der Waals surface area contributed by atoms with Crippen LogP contribution in [0.4, 0.5) is 39.8 Å². The molecule has 0 saturated heterocycles. The number of rotatable bonds is 13. The fraction of sp³-hybridized carbons (Fsp3) is 0.0227. The van der Waals surface area contributed by atoms with Gasteiger partial charge in [-0.2, -0.15) is 30.4 Å². The normalized spacial score (nSPS) is 12.6. The van der Waals surface area contributed by atoms with Gasteiger partial charge in [-0.05, 0) is 102 Å². The van der Waals surface area contributed by atoms with Gasteiger partial charge >= 0.3 is 0 Å². The largest absolute Gasteiger partial charge is 0.505 e. The van der Waals surface area contributed by atoms with E-state index in [0.717, 1.165) is 29.8 Å². The molecule has 0 spiro atoms. The van der Waals surface area contributed by atoms with Gasteiger partial charge in [0.2, 0.25) is 0 Å². The third-order valence-electron chi connectivity index (χ3n) is 10.2. The average molecular weight is 962 g/mol. The quantitative estimate of drug-likeness (QED) is 0.0271. The molecule has 0 unspecified atom stereocenters.